The second kappa shape index (κ2) is 4.42. The molecule has 0 aromatic rings. The standard InChI is InChI=1S/C6H10BrN3O2/c1-12-3-2-10-5(4-11)8-9-6(10)7/h4-5,8H,2-3H2,1H3. The van der Waals surface area contributed by atoms with Crippen LogP contribution >= 0.6 is 15.9 Å². The van der Waals surface area contributed by atoms with Gasteiger partial charge in [0.1, 0.15) is 0 Å². The number of aldehydes is 1. The maximum Gasteiger partial charge on any atom is 0.194 e. The summed E-state index contributed by atoms with van der Waals surface area (Å²) in [6.07, 6.45) is 0.433. The Balaban J connectivity index is 2.46. The van der Waals surface area contributed by atoms with E-state index in [0.29, 0.717) is 17.9 Å². The van der Waals surface area contributed by atoms with E-state index in [1.165, 1.54) is 0 Å². The molecule has 1 aliphatic heterocycles. The van der Waals surface area contributed by atoms with E-state index in [4.69, 9.17) is 4.74 Å². The average Bonchev–Trinajstić information content (AvgIpc) is 2.43. The lowest BCUT2D eigenvalue weighted by atomic mass is 10.5. The van der Waals surface area contributed by atoms with Gasteiger partial charge in [0.2, 0.25) is 0 Å². The van der Waals surface area contributed by atoms with Crippen molar-refractivity contribution in [1.29, 1.82) is 0 Å². The summed E-state index contributed by atoms with van der Waals surface area (Å²) >= 11 is 3.22. The number of carbonyl (C=O) groups is 1. The number of methoxy groups -OCH3 is 1. The van der Waals surface area contributed by atoms with Crippen LogP contribution in [0.1, 0.15) is 0 Å². The lowest BCUT2D eigenvalue weighted by molar-refractivity contribution is -0.111. The molecule has 0 fully saturated rings. The lowest BCUT2D eigenvalue weighted by Crippen LogP contribution is -2.41. The maximum atomic E-state index is 10.5. The van der Waals surface area contributed by atoms with Crippen LogP contribution in [0.25, 0.3) is 0 Å². The highest BCUT2D eigenvalue weighted by atomic mass is 79.9. The summed E-state index contributed by atoms with van der Waals surface area (Å²) in [6, 6.07) is 0. The molecule has 1 N–H and O–H groups in total. The molecule has 0 aliphatic carbocycles. The summed E-state index contributed by atoms with van der Waals surface area (Å²) in [5.41, 5.74) is 2.66. The van der Waals surface area contributed by atoms with Gasteiger partial charge in [-0.05, 0) is 15.9 Å². The maximum absolute atomic E-state index is 10.5. The minimum atomic E-state index is -0.366. The molecular formula is C6H10BrN3O2. The third-order valence-corrected chi connectivity index (χ3v) is 2.16. The molecule has 1 atom stereocenters. The smallest absolute Gasteiger partial charge is 0.194 e. The van der Waals surface area contributed by atoms with Gasteiger partial charge < -0.3 is 9.64 Å². The Bertz CT molecular complexity index is 197. The molecule has 68 valence electrons. The number of hydrazone groups is 1. The quantitative estimate of drug-likeness (QED) is 0.539. The number of rotatable bonds is 4. The molecular weight excluding hydrogens is 226 g/mol. The second-order valence-electron chi connectivity index (χ2n) is 2.28. The van der Waals surface area contributed by atoms with E-state index in [0.717, 1.165) is 6.29 Å². The molecule has 0 amide bonds. The minimum absolute atomic E-state index is 0.366. The Labute approximate surface area is 78.9 Å². The first kappa shape index (κ1) is 9.47. The molecule has 1 unspecified atom stereocenters. The first-order chi connectivity index (χ1) is 5.79. The van der Waals surface area contributed by atoms with E-state index in [-0.39, 0.29) is 6.17 Å². The number of ether oxygens (including phenoxy) is 1. The van der Waals surface area contributed by atoms with Gasteiger partial charge in [-0.1, -0.05) is 0 Å². The highest BCUT2D eigenvalue weighted by Gasteiger charge is 2.24. The Morgan fingerprint density at radius 3 is 3.25 bits per heavy atom. The molecule has 0 saturated carbocycles. The van der Waals surface area contributed by atoms with Gasteiger partial charge in [-0.25, -0.2) is 0 Å². The van der Waals surface area contributed by atoms with Crippen molar-refractivity contribution in [2.45, 2.75) is 6.17 Å². The largest absolute Gasteiger partial charge is 0.383 e. The van der Waals surface area contributed by atoms with Gasteiger partial charge in [0, 0.05) is 13.7 Å². The number of nitrogens with zero attached hydrogens (tertiary/aromatic N) is 2. The Morgan fingerprint density at radius 2 is 2.67 bits per heavy atom. The van der Waals surface area contributed by atoms with Crippen molar-refractivity contribution in [3.05, 3.63) is 0 Å². The topological polar surface area (TPSA) is 53.9 Å². The van der Waals surface area contributed by atoms with E-state index in [1.54, 1.807) is 12.0 Å². The van der Waals surface area contributed by atoms with Gasteiger partial charge in [-0.15, -0.1) is 0 Å². The molecule has 0 spiro atoms. The fraction of sp³-hybridized carbons (Fsp3) is 0.667. The van der Waals surface area contributed by atoms with E-state index < -0.39 is 0 Å². The number of halogens is 1. The van der Waals surface area contributed by atoms with Crippen LogP contribution in [0.5, 0.6) is 0 Å². The van der Waals surface area contributed by atoms with Crippen LogP contribution in [0, 0.1) is 0 Å². The van der Waals surface area contributed by atoms with E-state index in [2.05, 4.69) is 26.5 Å². The van der Waals surface area contributed by atoms with Crippen LogP contribution in [0.4, 0.5) is 0 Å². The zero-order valence-corrected chi connectivity index (χ0v) is 8.24. The number of amidine groups is 1. The predicted octanol–water partition coefficient (Wildman–Crippen LogP) is -0.271. The zero-order chi connectivity index (χ0) is 8.97. The van der Waals surface area contributed by atoms with Crippen LogP contribution in [0.2, 0.25) is 0 Å². The molecule has 0 radical (unpaired) electrons. The minimum Gasteiger partial charge on any atom is -0.383 e. The number of hydrogen-bond acceptors (Lipinski definition) is 5. The third-order valence-electron chi connectivity index (χ3n) is 1.53. The molecule has 1 aliphatic rings. The van der Waals surface area contributed by atoms with Gasteiger partial charge in [0.15, 0.2) is 17.2 Å². The average molecular weight is 236 g/mol. The monoisotopic (exact) mass is 235 g/mol. The molecule has 5 nitrogen and oxygen atoms in total. The van der Waals surface area contributed by atoms with Crippen LogP contribution < -0.4 is 5.43 Å². The van der Waals surface area contributed by atoms with Gasteiger partial charge in [0.25, 0.3) is 0 Å². The summed E-state index contributed by atoms with van der Waals surface area (Å²) in [6.45, 7) is 1.20. The molecule has 12 heavy (non-hydrogen) atoms. The van der Waals surface area contributed by atoms with Crippen LogP contribution in [-0.4, -0.2) is 42.4 Å². The van der Waals surface area contributed by atoms with Gasteiger partial charge in [-0.2, -0.15) is 5.10 Å². The van der Waals surface area contributed by atoms with Crippen LogP contribution in [-0.2, 0) is 9.53 Å². The Kier molecular flexibility index (Phi) is 3.48. The highest BCUT2D eigenvalue weighted by molar-refractivity contribution is 9.18. The molecule has 0 aromatic carbocycles. The van der Waals surface area contributed by atoms with Gasteiger partial charge >= 0.3 is 0 Å². The van der Waals surface area contributed by atoms with Crippen molar-refractivity contribution in [2.24, 2.45) is 5.10 Å². The fourth-order valence-corrected chi connectivity index (χ4v) is 1.39. The Morgan fingerprint density at radius 1 is 1.92 bits per heavy atom. The molecule has 0 bridgehead atoms. The summed E-state index contributed by atoms with van der Waals surface area (Å²) in [5.74, 6) is 0. The van der Waals surface area contributed by atoms with Crippen LogP contribution in [0.15, 0.2) is 5.10 Å². The summed E-state index contributed by atoms with van der Waals surface area (Å²) in [4.78, 5) is 12.3. The molecule has 1 heterocycles. The van der Waals surface area contributed by atoms with Crippen molar-refractivity contribution in [3.63, 3.8) is 0 Å². The highest BCUT2D eigenvalue weighted by Crippen LogP contribution is 2.08. The summed E-state index contributed by atoms with van der Waals surface area (Å²) < 4.78 is 5.52. The first-order valence-electron chi connectivity index (χ1n) is 3.49. The second-order valence-corrected chi connectivity index (χ2v) is 2.99. The fourth-order valence-electron chi connectivity index (χ4n) is 0.893. The third kappa shape index (κ3) is 1.95. The van der Waals surface area contributed by atoms with Gasteiger partial charge in [0.05, 0.1) is 6.61 Å². The van der Waals surface area contributed by atoms with Crippen molar-refractivity contribution in [1.82, 2.24) is 10.3 Å². The molecule has 6 heteroatoms. The Hall–Kier alpha value is -0.620. The van der Waals surface area contributed by atoms with Crippen molar-refractivity contribution in [3.8, 4) is 0 Å². The SMILES string of the molecule is COCCN1C(Br)=NNC1C=O. The van der Waals surface area contributed by atoms with Crippen molar-refractivity contribution < 1.29 is 9.53 Å². The molecule has 0 saturated heterocycles. The zero-order valence-electron chi connectivity index (χ0n) is 6.66. The first-order valence-corrected chi connectivity index (χ1v) is 4.28. The lowest BCUT2D eigenvalue weighted by Gasteiger charge is -2.20. The van der Waals surface area contributed by atoms with E-state index in [1.807, 2.05) is 0 Å². The number of carbonyl (C=O) groups excluding carboxylic acids is 1. The summed E-state index contributed by atoms with van der Waals surface area (Å²) in [5, 5.41) is 3.85. The molecule has 1 rings (SSSR count). The van der Waals surface area contributed by atoms with E-state index in [9.17, 15) is 4.79 Å². The number of hydrogen-bond donors (Lipinski definition) is 1. The van der Waals surface area contributed by atoms with E-state index >= 15 is 0 Å². The summed E-state index contributed by atoms with van der Waals surface area (Å²) in [7, 11) is 1.62. The van der Waals surface area contributed by atoms with Crippen molar-refractivity contribution >= 4 is 27.0 Å². The van der Waals surface area contributed by atoms with Crippen LogP contribution in [0.3, 0.4) is 0 Å². The van der Waals surface area contributed by atoms with Crippen molar-refractivity contribution in [2.75, 3.05) is 20.3 Å². The normalized spacial score (nSPS) is 22.0. The molecule has 0 aromatic heterocycles. The number of nitrogens with one attached hydrogen (secondary N) is 1. The van der Waals surface area contributed by atoms with Gasteiger partial charge in [-0.3, -0.25) is 10.2 Å². The predicted molar refractivity (Wildman–Crippen MR) is 47.9 cm³/mol.